The number of primary amides is 1. The van der Waals surface area contributed by atoms with Gasteiger partial charge in [-0.05, 0) is 0 Å². The van der Waals surface area contributed by atoms with Crippen LogP contribution in [-0.2, 0) is 0 Å². The quantitative estimate of drug-likeness (QED) is 0.805. The van der Waals surface area contributed by atoms with E-state index >= 15 is 0 Å². The monoisotopic (exact) mass is 365 g/mol. The molecule has 0 fully saturated rings. The van der Waals surface area contributed by atoms with Gasteiger partial charge < -0.3 is 0 Å². The Bertz CT molecular complexity index is 609. The minimum absolute atomic E-state index is 0.405. The van der Waals surface area contributed by atoms with Crippen LogP contribution >= 0.6 is 0 Å². The first-order valence-corrected chi connectivity index (χ1v) is 15.8. The second-order valence-corrected chi connectivity index (χ2v) is 19.8. The second-order valence-electron chi connectivity index (χ2n) is 5.28. The Balaban J connectivity index is 2.62. The van der Waals surface area contributed by atoms with E-state index in [9.17, 15) is 4.79 Å². The first-order valence-electron chi connectivity index (χ1n) is 5.84. The van der Waals surface area contributed by atoms with E-state index < -0.39 is 24.3 Å². The molecule has 2 aromatic rings. The first-order chi connectivity index (χ1) is 8.88. The topological polar surface area (TPSA) is 94.7 Å². The summed E-state index contributed by atoms with van der Waals surface area (Å²) in [5, 5.41) is 15.2. The molecule has 1 aromatic heterocycles. The van der Waals surface area contributed by atoms with Crippen LogP contribution in [-0.4, -0.2) is 44.7 Å². The molecular weight excluding hydrogens is 349 g/mol. The van der Waals surface area contributed by atoms with Crippen molar-refractivity contribution in [3.8, 4) is 11.4 Å². The summed E-state index contributed by atoms with van der Waals surface area (Å²) < 4.78 is 1.19. The number of amides is 1. The number of hydrogen-bond acceptors (Lipinski definition) is 5. The molecule has 0 atom stereocenters. The van der Waals surface area contributed by atoms with Crippen LogP contribution in [0.5, 0.6) is 0 Å². The van der Waals surface area contributed by atoms with Gasteiger partial charge in [0.1, 0.15) is 0 Å². The fourth-order valence-corrected chi connectivity index (χ4v) is 5.01. The zero-order chi connectivity index (χ0) is 14.0. The van der Waals surface area contributed by atoms with Gasteiger partial charge in [-0.25, -0.2) is 0 Å². The van der Waals surface area contributed by atoms with Crippen LogP contribution in [0.3, 0.4) is 0 Å². The molecule has 6 nitrogen and oxygen atoms in total. The van der Waals surface area contributed by atoms with Crippen molar-refractivity contribution in [3.63, 3.8) is 0 Å². The van der Waals surface area contributed by atoms with Crippen LogP contribution in [0, 0.1) is 0 Å². The summed E-state index contributed by atoms with van der Waals surface area (Å²) in [5.41, 5.74) is 6.60. The van der Waals surface area contributed by atoms with Gasteiger partial charge in [-0.2, -0.15) is 0 Å². The molecule has 2 rings (SSSR count). The van der Waals surface area contributed by atoms with E-state index in [4.69, 9.17) is 5.73 Å². The van der Waals surface area contributed by atoms with Gasteiger partial charge in [0.05, 0.1) is 0 Å². The Kier molecular flexibility index (Phi) is 3.79. The van der Waals surface area contributed by atoms with Crippen molar-refractivity contribution < 1.29 is 4.79 Å². The number of rotatable bonds is 3. The molecule has 0 aliphatic heterocycles. The molecule has 0 saturated carbocycles. The summed E-state index contributed by atoms with van der Waals surface area (Å²) in [5.74, 6) is -0.0436. The molecule has 98 valence electrons. The average molecular weight is 364 g/mol. The Labute approximate surface area is 115 Å². The Hall–Kier alpha value is -1.57. The molecule has 0 saturated heterocycles. The molecule has 19 heavy (non-hydrogen) atoms. The fourth-order valence-electron chi connectivity index (χ4n) is 1.65. The summed E-state index contributed by atoms with van der Waals surface area (Å²) >= 11 is -2.33. The number of nitrogens with two attached hydrogens (primary N) is 1. The molecule has 0 aliphatic carbocycles. The molecule has 0 unspecified atom stereocenters. The molecule has 0 bridgehead atoms. The Morgan fingerprint density at radius 3 is 2.26 bits per heavy atom. The van der Waals surface area contributed by atoms with Crippen LogP contribution in [0.2, 0.25) is 14.8 Å². The predicted octanol–water partition coefficient (Wildman–Crippen LogP) is 0.578. The van der Waals surface area contributed by atoms with Gasteiger partial charge in [0.25, 0.3) is 0 Å². The van der Waals surface area contributed by atoms with E-state index in [-0.39, 0.29) is 0 Å². The number of benzene rings is 1. The molecule has 7 heteroatoms. The number of hydrogen-bond donors (Lipinski definition) is 1. The molecule has 0 aliphatic rings. The molecule has 2 N–H and O–H groups in total. The summed E-state index contributed by atoms with van der Waals surface area (Å²) in [4.78, 5) is 18.2. The van der Waals surface area contributed by atoms with Gasteiger partial charge in [0.15, 0.2) is 0 Å². The van der Waals surface area contributed by atoms with Crippen molar-refractivity contribution in [2.75, 3.05) is 0 Å². The summed E-state index contributed by atoms with van der Waals surface area (Å²) in [6.07, 6.45) is 1.27. The Morgan fingerprint density at radius 1 is 1.11 bits per heavy atom. The van der Waals surface area contributed by atoms with E-state index in [2.05, 4.69) is 35.2 Å². The van der Waals surface area contributed by atoms with E-state index in [1.165, 1.54) is 9.91 Å². The fraction of sp³-hybridized carbons (Fsp3) is 0.250. The number of aromatic nitrogens is 4. The van der Waals surface area contributed by atoms with E-state index in [1.54, 1.807) is 6.07 Å². The molecule has 0 radical (unpaired) electrons. The third-order valence-electron chi connectivity index (χ3n) is 2.75. The average Bonchev–Trinajstić information content (AvgIpc) is 2.38. The van der Waals surface area contributed by atoms with E-state index in [0.29, 0.717) is 11.4 Å². The van der Waals surface area contributed by atoms with Crippen molar-refractivity contribution in [1.82, 2.24) is 20.4 Å². The van der Waals surface area contributed by atoms with Gasteiger partial charge >= 0.3 is 115 Å². The van der Waals surface area contributed by atoms with Crippen LogP contribution in [0.15, 0.2) is 24.5 Å². The standard InChI is InChI=1S/C9H6N5O.3CH3.Sn/c10-8(15)6-2-1-3-7(4-6)9-13-11-5-12-14-9;;;;/h2-5H,(H2,10,15);3*1H3;. The third-order valence-corrected chi connectivity index (χ3v) is 8.52. The van der Waals surface area contributed by atoms with Crippen LogP contribution in [0.4, 0.5) is 0 Å². The Morgan fingerprint density at radius 2 is 1.74 bits per heavy atom. The molecule has 1 aromatic carbocycles. The van der Waals surface area contributed by atoms with Gasteiger partial charge in [0.2, 0.25) is 0 Å². The SMILES string of the molecule is [CH3][Sn]([CH3])([CH3])[c]1cc(C(N)=O)cc(-c2nncnn2)c1. The van der Waals surface area contributed by atoms with Crippen molar-refractivity contribution in [3.05, 3.63) is 30.1 Å². The molecular formula is C12H15N5OSn. The maximum absolute atomic E-state index is 11.4. The summed E-state index contributed by atoms with van der Waals surface area (Å²) in [6, 6.07) is 5.58. The minimum atomic E-state index is -2.33. The zero-order valence-corrected chi connectivity index (χ0v) is 13.9. The van der Waals surface area contributed by atoms with E-state index in [0.717, 1.165) is 5.56 Å². The third kappa shape index (κ3) is 3.25. The van der Waals surface area contributed by atoms with E-state index in [1.807, 2.05) is 12.1 Å². The number of nitrogens with zero attached hydrogens (tertiary/aromatic N) is 4. The maximum atomic E-state index is 11.4. The summed E-state index contributed by atoms with van der Waals surface area (Å²) in [7, 11) is 0. The van der Waals surface area contributed by atoms with Gasteiger partial charge in [-0.1, -0.05) is 0 Å². The van der Waals surface area contributed by atoms with Crippen molar-refractivity contribution >= 4 is 27.9 Å². The van der Waals surface area contributed by atoms with Crippen molar-refractivity contribution in [2.45, 2.75) is 14.8 Å². The van der Waals surface area contributed by atoms with Crippen LogP contribution < -0.4 is 9.31 Å². The van der Waals surface area contributed by atoms with Gasteiger partial charge in [-0.15, -0.1) is 0 Å². The normalized spacial score (nSPS) is 11.3. The molecule has 1 heterocycles. The van der Waals surface area contributed by atoms with Gasteiger partial charge in [-0.3, -0.25) is 0 Å². The van der Waals surface area contributed by atoms with Crippen LogP contribution in [0.1, 0.15) is 10.4 Å². The van der Waals surface area contributed by atoms with Crippen molar-refractivity contribution in [1.29, 1.82) is 0 Å². The van der Waals surface area contributed by atoms with Gasteiger partial charge in [0, 0.05) is 0 Å². The second kappa shape index (κ2) is 5.20. The zero-order valence-electron chi connectivity index (χ0n) is 11.1. The van der Waals surface area contributed by atoms with Crippen molar-refractivity contribution in [2.24, 2.45) is 5.73 Å². The molecule has 1 amide bonds. The summed E-state index contributed by atoms with van der Waals surface area (Å²) in [6.45, 7) is 0. The number of carbonyl (C=O) groups is 1. The predicted molar refractivity (Wildman–Crippen MR) is 74.6 cm³/mol. The molecule has 0 spiro atoms. The first kappa shape index (κ1) is 13.9. The number of carbonyl (C=O) groups excluding carboxylic acids is 1. The van der Waals surface area contributed by atoms with Crippen LogP contribution in [0.25, 0.3) is 11.4 Å².